The number of hydrogen-bond donors (Lipinski definition) is 1. The fourth-order valence-corrected chi connectivity index (χ4v) is 3.88. The maximum absolute atomic E-state index is 13.2. The number of hydrogen-bond acceptors (Lipinski definition) is 4. The van der Waals surface area contributed by atoms with Crippen molar-refractivity contribution in [2.45, 2.75) is 71.0 Å². The molecule has 29 heavy (non-hydrogen) atoms. The lowest BCUT2D eigenvalue weighted by Crippen LogP contribution is -3.00. The molecule has 1 aliphatic carbocycles. The Morgan fingerprint density at radius 1 is 1.17 bits per heavy atom. The summed E-state index contributed by atoms with van der Waals surface area (Å²) in [5.41, 5.74) is -1.97. The molecule has 0 aromatic heterocycles. The number of carbonyl (C=O) groups is 1. The second-order valence-corrected chi connectivity index (χ2v) is 8.13. The van der Waals surface area contributed by atoms with Crippen LogP contribution in [-0.4, -0.2) is 41.2 Å². The number of nitrogens with zero attached hydrogens (tertiary/aromatic N) is 1. The number of halogens is 1. The second-order valence-electron chi connectivity index (χ2n) is 8.13. The van der Waals surface area contributed by atoms with Gasteiger partial charge in [0.1, 0.15) is 0 Å². The van der Waals surface area contributed by atoms with Gasteiger partial charge in [0.25, 0.3) is 0 Å². The van der Waals surface area contributed by atoms with E-state index in [1.54, 1.807) is 13.8 Å². The van der Waals surface area contributed by atoms with Gasteiger partial charge >= 0.3 is 7.40 Å². The van der Waals surface area contributed by atoms with Gasteiger partial charge in [0.15, 0.2) is 11.2 Å². The van der Waals surface area contributed by atoms with Crippen molar-refractivity contribution in [3.05, 3.63) is 35.9 Å². The molecule has 1 aromatic carbocycles. The number of benzene rings is 1. The third-order valence-electron chi connectivity index (χ3n) is 5.66. The molecule has 0 heterocycles. The van der Waals surface area contributed by atoms with Crippen molar-refractivity contribution in [3.8, 4) is 11.8 Å². The zero-order valence-corrected chi connectivity index (χ0v) is 19.0. The predicted molar refractivity (Wildman–Crippen MR) is 114 cm³/mol. The molecular formula is C24H36ClNO3. The van der Waals surface area contributed by atoms with Crippen molar-refractivity contribution in [2.24, 2.45) is 5.92 Å². The molecule has 0 bridgehead atoms. The van der Waals surface area contributed by atoms with E-state index in [0.29, 0.717) is 12.1 Å². The molecule has 1 aromatic rings. The molecule has 1 atom stereocenters. The lowest BCUT2D eigenvalue weighted by molar-refractivity contribution is -0.184. The molecule has 0 aliphatic heterocycles. The van der Waals surface area contributed by atoms with Crippen LogP contribution in [0.1, 0.15) is 66.8 Å². The minimum absolute atomic E-state index is 0. The average Bonchev–Trinajstić information content (AvgIpc) is 2.71. The Morgan fingerprint density at radius 3 is 2.31 bits per heavy atom. The maximum atomic E-state index is 13.2. The van der Waals surface area contributed by atoms with Crippen LogP contribution in [-0.2, 0) is 15.1 Å². The van der Waals surface area contributed by atoms with Crippen LogP contribution in [0.25, 0.3) is 0 Å². The Kier molecular flexibility index (Phi) is 10.2. The molecule has 162 valence electrons. The fourth-order valence-electron chi connectivity index (χ4n) is 3.88. The largest absolute Gasteiger partial charge is 1.00 e. The van der Waals surface area contributed by atoms with Crippen molar-refractivity contribution in [1.29, 1.82) is 0 Å². The van der Waals surface area contributed by atoms with Crippen LogP contribution >= 0.6 is 0 Å². The summed E-state index contributed by atoms with van der Waals surface area (Å²) in [6.07, 6.45) is 4.86. The molecule has 4 nitrogen and oxygen atoms in total. The van der Waals surface area contributed by atoms with Crippen molar-refractivity contribution < 1.29 is 28.5 Å². The van der Waals surface area contributed by atoms with Crippen LogP contribution in [0.4, 0.5) is 0 Å². The summed E-state index contributed by atoms with van der Waals surface area (Å²) in [6, 6.07) is 9.22. The first-order chi connectivity index (χ1) is 13.3. The van der Waals surface area contributed by atoms with Gasteiger partial charge in [0.05, 0.1) is 6.54 Å². The van der Waals surface area contributed by atoms with Gasteiger partial charge in [-0.15, -0.1) is 0 Å². The molecule has 1 saturated carbocycles. The van der Waals surface area contributed by atoms with E-state index in [9.17, 15) is 9.90 Å². The smallest absolute Gasteiger partial charge is 1.00 e. The van der Waals surface area contributed by atoms with Crippen LogP contribution in [0.3, 0.4) is 0 Å². The Hall–Kier alpha value is -1.54. The van der Waals surface area contributed by atoms with Crippen LogP contribution in [0.5, 0.6) is 0 Å². The van der Waals surface area contributed by atoms with Gasteiger partial charge in [-0.25, -0.2) is 4.79 Å². The van der Waals surface area contributed by atoms with E-state index in [4.69, 9.17) is 4.74 Å². The molecular weight excluding hydrogens is 386 g/mol. The normalized spacial score (nSPS) is 16.9. The SMILES string of the molecule is CCN(CC)CC#CC(C)(C)OC(=O)C(O)(c1ccccc1)C1CCCCC1.[Cl-].[H+]. The highest BCUT2D eigenvalue weighted by Gasteiger charge is 2.48. The highest BCUT2D eigenvalue weighted by Crippen LogP contribution is 2.41. The lowest BCUT2D eigenvalue weighted by atomic mass is 9.73. The molecule has 0 saturated heterocycles. The van der Waals surface area contributed by atoms with Gasteiger partial charge in [-0.3, -0.25) is 4.90 Å². The molecule has 1 aliphatic rings. The molecule has 0 radical (unpaired) electrons. The van der Waals surface area contributed by atoms with Gasteiger partial charge in [-0.1, -0.05) is 75.3 Å². The Labute approximate surface area is 183 Å². The van der Waals surface area contributed by atoms with E-state index in [1.807, 2.05) is 30.3 Å². The minimum Gasteiger partial charge on any atom is -1.00 e. The minimum atomic E-state index is -1.63. The number of ether oxygens (including phenoxy) is 1. The molecule has 2 rings (SSSR count). The van der Waals surface area contributed by atoms with E-state index < -0.39 is 17.2 Å². The molecule has 1 N–H and O–H groups in total. The van der Waals surface area contributed by atoms with Gasteiger partial charge < -0.3 is 22.3 Å². The maximum Gasteiger partial charge on any atom is 1.00 e. The summed E-state index contributed by atoms with van der Waals surface area (Å²) in [6.45, 7) is 10.3. The summed E-state index contributed by atoms with van der Waals surface area (Å²) < 4.78 is 5.78. The van der Waals surface area contributed by atoms with Gasteiger partial charge in [-0.2, -0.15) is 0 Å². The van der Waals surface area contributed by atoms with Gasteiger partial charge in [-0.05, 0) is 45.3 Å². The van der Waals surface area contributed by atoms with Crippen molar-refractivity contribution >= 4 is 5.97 Å². The van der Waals surface area contributed by atoms with E-state index in [-0.39, 0.29) is 19.8 Å². The van der Waals surface area contributed by atoms with Gasteiger partial charge in [0, 0.05) is 5.92 Å². The zero-order chi connectivity index (χ0) is 20.6. The molecule has 0 spiro atoms. The quantitative estimate of drug-likeness (QED) is 0.531. The number of rotatable bonds is 7. The summed E-state index contributed by atoms with van der Waals surface area (Å²) in [5, 5.41) is 11.6. The van der Waals surface area contributed by atoms with E-state index >= 15 is 0 Å². The average molecular weight is 422 g/mol. The topological polar surface area (TPSA) is 49.8 Å². The Morgan fingerprint density at radius 2 is 1.76 bits per heavy atom. The Bertz CT molecular complexity index is 691. The van der Waals surface area contributed by atoms with Crippen molar-refractivity contribution in [1.82, 2.24) is 4.90 Å². The monoisotopic (exact) mass is 421 g/mol. The number of aliphatic hydroxyl groups is 1. The third kappa shape index (κ3) is 6.74. The van der Waals surface area contributed by atoms with Crippen LogP contribution in [0.2, 0.25) is 0 Å². The number of carbonyl (C=O) groups excluding carboxylic acids is 1. The van der Waals surface area contributed by atoms with Crippen molar-refractivity contribution in [3.63, 3.8) is 0 Å². The van der Waals surface area contributed by atoms with Crippen LogP contribution < -0.4 is 12.4 Å². The second kappa shape index (κ2) is 11.6. The summed E-state index contributed by atoms with van der Waals surface area (Å²) in [5.74, 6) is 5.47. The molecule has 1 unspecified atom stereocenters. The first-order valence-electron chi connectivity index (χ1n) is 10.6. The first kappa shape index (κ1) is 25.5. The number of esters is 1. The zero-order valence-electron chi connectivity index (χ0n) is 19.2. The fraction of sp³-hybridized carbons (Fsp3) is 0.625. The van der Waals surface area contributed by atoms with Crippen LogP contribution in [0.15, 0.2) is 30.3 Å². The molecule has 1 fully saturated rings. The highest BCUT2D eigenvalue weighted by atomic mass is 35.5. The van der Waals surface area contributed by atoms with E-state index in [2.05, 4.69) is 30.6 Å². The van der Waals surface area contributed by atoms with Crippen molar-refractivity contribution in [2.75, 3.05) is 19.6 Å². The van der Waals surface area contributed by atoms with Gasteiger partial charge in [0.2, 0.25) is 0 Å². The van der Waals surface area contributed by atoms with E-state index in [0.717, 1.165) is 45.2 Å². The summed E-state index contributed by atoms with van der Waals surface area (Å²) in [4.78, 5) is 15.4. The molecule has 0 amide bonds. The molecule has 5 heteroatoms. The highest BCUT2D eigenvalue weighted by molar-refractivity contribution is 5.82. The summed E-state index contributed by atoms with van der Waals surface area (Å²) >= 11 is 0. The third-order valence-corrected chi connectivity index (χ3v) is 5.66. The van der Waals surface area contributed by atoms with E-state index in [1.165, 1.54) is 0 Å². The predicted octanol–water partition coefficient (Wildman–Crippen LogP) is 1.24. The first-order valence-corrected chi connectivity index (χ1v) is 10.6. The Balaban J connectivity index is 0.00000420. The summed E-state index contributed by atoms with van der Waals surface area (Å²) in [7, 11) is 0. The lowest BCUT2D eigenvalue weighted by Gasteiger charge is -2.38. The standard InChI is InChI=1S/C24H35NO3.ClH/c1-5-25(6-2)19-13-18-23(3,4)28-22(26)24(27,20-14-9-7-10-15-20)21-16-11-8-12-17-21;/h7,9-10,14-15,21,27H,5-6,8,11-12,16-17,19H2,1-4H3;1H. The van der Waals surface area contributed by atoms with Crippen LogP contribution in [0, 0.1) is 17.8 Å².